The third kappa shape index (κ3) is 2.53. The minimum absolute atomic E-state index is 0.0102. The first-order chi connectivity index (χ1) is 8.56. The number of hydrogen-bond donors (Lipinski definition) is 2. The second-order valence-corrected chi connectivity index (χ2v) is 5.33. The van der Waals surface area contributed by atoms with Crippen LogP contribution < -0.4 is 11.1 Å². The molecule has 1 aliphatic carbocycles. The number of benzene rings is 1. The molecule has 1 aromatic rings. The first kappa shape index (κ1) is 13.0. The van der Waals surface area contributed by atoms with Crippen molar-refractivity contribution in [1.29, 1.82) is 0 Å². The Labute approximate surface area is 113 Å². The van der Waals surface area contributed by atoms with Crippen LogP contribution in [0.2, 0.25) is 0 Å². The van der Waals surface area contributed by atoms with Crippen LogP contribution in [0, 0.1) is 0 Å². The van der Waals surface area contributed by atoms with Crippen molar-refractivity contribution in [1.82, 2.24) is 5.32 Å². The standard InChI is InChI=1S/C14H18N2OS/c1-2-14(7-4-8-14)16-13(17)11-6-3-5-10(9-11)12(15)18/h3,5-6,9H,2,4,7-8H2,1H3,(H2,15,18)(H,16,17). The minimum atomic E-state index is -0.0327. The van der Waals surface area contributed by atoms with Crippen LogP contribution in [0.1, 0.15) is 48.5 Å². The zero-order valence-electron chi connectivity index (χ0n) is 10.5. The number of nitrogens with one attached hydrogen (secondary N) is 1. The van der Waals surface area contributed by atoms with E-state index in [0.717, 1.165) is 24.8 Å². The quantitative estimate of drug-likeness (QED) is 0.819. The largest absolute Gasteiger partial charge is 0.389 e. The topological polar surface area (TPSA) is 55.1 Å². The Morgan fingerprint density at radius 1 is 1.44 bits per heavy atom. The van der Waals surface area contributed by atoms with E-state index in [0.29, 0.717) is 10.6 Å². The zero-order valence-corrected chi connectivity index (χ0v) is 11.3. The highest BCUT2D eigenvalue weighted by Gasteiger charge is 2.36. The first-order valence-corrected chi connectivity index (χ1v) is 6.69. The lowest BCUT2D eigenvalue weighted by atomic mass is 9.74. The van der Waals surface area contributed by atoms with E-state index in [-0.39, 0.29) is 11.4 Å². The fourth-order valence-electron chi connectivity index (χ4n) is 2.30. The van der Waals surface area contributed by atoms with Gasteiger partial charge in [0.2, 0.25) is 0 Å². The van der Waals surface area contributed by atoms with Gasteiger partial charge in [0.1, 0.15) is 4.99 Å². The van der Waals surface area contributed by atoms with E-state index >= 15 is 0 Å². The van der Waals surface area contributed by atoms with Gasteiger partial charge >= 0.3 is 0 Å². The molecule has 4 heteroatoms. The Morgan fingerprint density at radius 3 is 2.61 bits per heavy atom. The van der Waals surface area contributed by atoms with Crippen LogP contribution in [-0.4, -0.2) is 16.4 Å². The van der Waals surface area contributed by atoms with Crippen molar-refractivity contribution < 1.29 is 4.79 Å². The molecule has 0 aromatic heterocycles. The molecule has 1 saturated carbocycles. The summed E-state index contributed by atoms with van der Waals surface area (Å²) in [6.07, 6.45) is 4.32. The van der Waals surface area contributed by atoms with Crippen LogP contribution in [0.25, 0.3) is 0 Å². The maximum atomic E-state index is 12.2. The van der Waals surface area contributed by atoms with Gasteiger partial charge in [0, 0.05) is 16.7 Å². The van der Waals surface area contributed by atoms with Gasteiger partial charge in [-0.15, -0.1) is 0 Å². The molecular weight excluding hydrogens is 244 g/mol. The summed E-state index contributed by atoms with van der Waals surface area (Å²) >= 11 is 4.92. The van der Waals surface area contributed by atoms with Crippen LogP contribution >= 0.6 is 12.2 Å². The SMILES string of the molecule is CCC1(NC(=O)c2cccc(C(N)=S)c2)CCC1. The van der Waals surface area contributed by atoms with E-state index in [1.807, 2.05) is 12.1 Å². The highest BCUT2D eigenvalue weighted by atomic mass is 32.1. The van der Waals surface area contributed by atoms with Gasteiger partial charge in [0.05, 0.1) is 0 Å². The third-order valence-electron chi connectivity index (χ3n) is 3.78. The molecule has 0 radical (unpaired) electrons. The number of amides is 1. The lowest BCUT2D eigenvalue weighted by molar-refractivity contribution is 0.0820. The highest BCUT2D eigenvalue weighted by molar-refractivity contribution is 7.80. The Bertz CT molecular complexity index is 475. The van der Waals surface area contributed by atoms with Crippen molar-refractivity contribution in [2.45, 2.75) is 38.1 Å². The molecule has 1 aromatic carbocycles. The van der Waals surface area contributed by atoms with Crippen LogP contribution in [0.3, 0.4) is 0 Å². The number of hydrogen-bond acceptors (Lipinski definition) is 2. The van der Waals surface area contributed by atoms with E-state index in [2.05, 4.69) is 12.2 Å². The fourth-order valence-corrected chi connectivity index (χ4v) is 2.42. The molecule has 0 aliphatic heterocycles. The molecule has 18 heavy (non-hydrogen) atoms. The van der Waals surface area contributed by atoms with Gasteiger partial charge in [-0.2, -0.15) is 0 Å². The van der Waals surface area contributed by atoms with E-state index in [1.165, 1.54) is 6.42 Å². The lowest BCUT2D eigenvalue weighted by Crippen LogP contribution is -2.52. The van der Waals surface area contributed by atoms with Crippen molar-refractivity contribution in [3.63, 3.8) is 0 Å². The molecule has 1 amide bonds. The van der Waals surface area contributed by atoms with E-state index in [1.54, 1.807) is 12.1 Å². The van der Waals surface area contributed by atoms with Gasteiger partial charge in [-0.1, -0.05) is 31.3 Å². The van der Waals surface area contributed by atoms with Crippen LogP contribution in [0.15, 0.2) is 24.3 Å². The van der Waals surface area contributed by atoms with Gasteiger partial charge < -0.3 is 11.1 Å². The molecule has 1 fully saturated rings. The molecule has 0 bridgehead atoms. The predicted octanol–water partition coefficient (Wildman–Crippen LogP) is 2.38. The molecule has 3 N–H and O–H groups in total. The van der Waals surface area contributed by atoms with Gasteiger partial charge in [-0.3, -0.25) is 4.79 Å². The molecular formula is C14H18N2OS. The van der Waals surface area contributed by atoms with E-state index < -0.39 is 0 Å². The van der Waals surface area contributed by atoms with Crippen LogP contribution in [0.5, 0.6) is 0 Å². The molecule has 0 spiro atoms. The minimum Gasteiger partial charge on any atom is -0.389 e. The number of carbonyl (C=O) groups excluding carboxylic acids is 1. The van der Waals surface area contributed by atoms with E-state index in [9.17, 15) is 4.79 Å². The van der Waals surface area contributed by atoms with Gasteiger partial charge in [-0.05, 0) is 37.8 Å². The summed E-state index contributed by atoms with van der Waals surface area (Å²) in [5, 5.41) is 3.14. The smallest absolute Gasteiger partial charge is 0.251 e. The maximum absolute atomic E-state index is 12.2. The Balaban J connectivity index is 2.13. The second kappa shape index (κ2) is 5.06. The van der Waals surface area contributed by atoms with Crippen molar-refractivity contribution in [3.05, 3.63) is 35.4 Å². The summed E-state index contributed by atoms with van der Waals surface area (Å²) in [7, 11) is 0. The number of rotatable bonds is 4. The Kier molecular flexibility index (Phi) is 3.66. The van der Waals surface area contributed by atoms with Crippen LogP contribution in [-0.2, 0) is 0 Å². The van der Waals surface area contributed by atoms with Crippen molar-refractivity contribution in [2.75, 3.05) is 0 Å². The summed E-state index contributed by atoms with van der Waals surface area (Å²) in [6, 6.07) is 7.17. The Hall–Kier alpha value is -1.42. The second-order valence-electron chi connectivity index (χ2n) is 4.89. The first-order valence-electron chi connectivity index (χ1n) is 6.29. The van der Waals surface area contributed by atoms with Crippen molar-refractivity contribution in [3.8, 4) is 0 Å². The molecule has 3 nitrogen and oxygen atoms in total. The zero-order chi connectivity index (χ0) is 13.2. The van der Waals surface area contributed by atoms with Crippen LogP contribution in [0.4, 0.5) is 0 Å². The summed E-state index contributed by atoms with van der Waals surface area (Å²) in [4.78, 5) is 12.5. The molecule has 0 heterocycles. The average molecular weight is 262 g/mol. The highest BCUT2D eigenvalue weighted by Crippen LogP contribution is 2.34. The fraction of sp³-hybridized carbons (Fsp3) is 0.429. The summed E-state index contributed by atoms with van der Waals surface area (Å²) in [5.74, 6) is -0.0327. The number of carbonyl (C=O) groups is 1. The molecule has 0 unspecified atom stereocenters. The Morgan fingerprint density at radius 2 is 2.11 bits per heavy atom. The molecule has 0 atom stereocenters. The summed E-state index contributed by atoms with van der Waals surface area (Å²) in [5.41, 5.74) is 6.94. The van der Waals surface area contributed by atoms with Crippen molar-refractivity contribution in [2.24, 2.45) is 5.73 Å². The molecule has 0 saturated heterocycles. The molecule has 1 aliphatic rings. The predicted molar refractivity (Wildman–Crippen MR) is 76.7 cm³/mol. The average Bonchev–Trinajstić information content (AvgIpc) is 2.33. The molecule has 96 valence electrons. The number of nitrogens with two attached hydrogens (primary N) is 1. The summed E-state index contributed by atoms with van der Waals surface area (Å²) in [6.45, 7) is 2.12. The van der Waals surface area contributed by atoms with Gasteiger partial charge in [0.15, 0.2) is 0 Å². The number of thiocarbonyl (C=S) groups is 1. The van der Waals surface area contributed by atoms with E-state index in [4.69, 9.17) is 18.0 Å². The monoisotopic (exact) mass is 262 g/mol. The third-order valence-corrected chi connectivity index (χ3v) is 4.01. The summed E-state index contributed by atoms with van der Waals surface area (Å²) < 4.78 is 0. The molecule has 2 rings (SSSR count). The maximum Gasteiger partial charge on any atom is 0.251 e. The van der Waals surface area contributed by atoms with Crippen molar-refractivity contribution >= 4 is 23.1 Å². The van der Waals surface area contributed by atoms with Gasteiger partial charge in [0.25, 0.3) is 5.91 Å². The normalized spacial score (nSPS) is 16.7. The lowest BCUT2D eigenvalue weighted by Gasteiger charge is -2.42. The van der Waals surface area contributed by atoms with Gasteiger partial charge in [-0.25, -0.2) is 0 Å².